The summed E-state index contributed by atoms with van der Waals surface area (Å²) in [6.07, 6.45) is 1.24. The molecule has 104 valence electrons. The maximum atomic E-state index is 10.9. The van der Waals surface area contributed by atoms with Gasteiger partial charge in [-0.2, -0.15) is 0 Å². The van der Waals surface area contributed by atoms with Crippen LogP contribution in [0, 0.1) is 5.92 Å². The van der Waals surface area contributed by atoms with Gasteiger partial charge in [-0.3, -0.25) is 4.90 Å². The maximum absolute atomic E-state index is 10.9. The number of nitrogens with zero attached hydrogens (tertiary/aromatic N) is 1. The number of benzene rings is 1. The molecular formula is C15H21NO3. The Morgan fingerprint density at radius 1 is 1.47 bits per heavy atom. The molecule has 0 spiro atoms. The van der Waals surface area contributed by atoms with Crippen LogP contribution in [-0.4, -0.2) is 41.7 Å². The Hall–Kier alpha value is -1.55. The first-order valence-electron chi connectivity index (χ1n) is 6.76. The number of hydrogen-bond donors (Lipinski definition) is 1. The zero-order chi connectivity index (χ0) is 13.8. The molecule has 1 heterocycles. The fourth-order valence-electron chi connectivity index (χ4n) is 2.70. The lowest BCUT2D eigenvalue weighted by atomic mass is 10.1. The molecule has 0 aromatic heterocycles. The normalized spacial score (nSPS) is 23.5. The molecule has 1 aliphatic rings. The van der Waals surface area contributed by atoms with Crippen molar-refractivity contribution in [2.24, 2.45) is 5.92 Å². The largest absolute Gasteiger partial charge is 0.492 e. The molecule has 0 saturated carbocycles. The van der Waals surface area contributed by atoms with Crippen molar-refractivity contribution < 1.29 is 14.6 Å². The van der Waals surface area contributed by atoms with Crippen molar-refractivity contribution >= 4 is 5.97 Å². The summed E-state index contributed by atoms with van der Waals surface area (Å²) in [4.78, 5) is 13.3. The molecule has 1 saturated heterocycles. The highest BCUT2D eigenvalue weighted by molar-refractivity contribution is 5.87. The SMILES string of the molecule is CC1CC(C)N(CCOc2cccc(C(=O)O)c2)C1. The number of carbonyl (C=O) groups is 1. The lowest BCUT2D eigenvalue weighted by molar-refractivity contribution is 0.0696. The van der Waals surface area contributed by atoms with Crippen LogP contribution in [0.5, 0.6) is 5.75 Å². The molecular weight excluding hydrogens is 242 g/mol. The van der Waals surface area contributed by atoms with E-state index in [1.165, 1.54) is 6.42 Å². The summed E-state index contributed by atoms with van der Waals surface area (Å²) in [5.74, 6) is 0.456. The van der Waals surface area contributed by atoms with E-state index in [4.69, 9.17) is 9.84 Å². The van der Waals surface area contributed by atoms with Gasteiger partial charge in [0, 0.05) is 19.1 Å². The molecule has 1 aromatic carbocycles. The Morgan fingerprint density at radius 2 is 2.26 bits per heavy atom. The van der Waals surface area contributed by atoms with E-state index in [0.717, 1.165) is 19.0 Å². The van der Waals surface area contributed by atoms with Crippen LogP contribution in [-0.2, 0) is 0 Å². The standard InChI is InChI=1S/C15H21NO3/c1-11-8-12(2)16(10-11)6-7-19-14-5-3-4-13(9-14)15(17)18/h3-5,9,11-12H,6-8,10H2,1-2H3,(H,17,18). The van der Waals surface area contributed by atoms with Crippen LogP contribution >= 0.6 is 0 Å². The highest BCUT2D eigenvalue weighted by Gasteiger charge is 2.25. The minimum absolute atomic E-state index is 0.265. The molecule has 2 unspecified atom stereocenters. The number of rotatable bonds is 5. The number of likely N-dealkylation sites (tertiary alicyclic amines) is 1. The van der Waals surface area contributed by atoms with Crippen molar-refractivity contribution in [3.8, 4) is 5.75 Å². The maximum Gasteiger partial charge on any atom is 0.335 e. The molecule has 1 fully saturated rings. The second-order valence-electron chi connectivity index (χ2n) is 5.37. The third-order valence-corrected chi connectivity index (χ3v) is 3.64. The lowest BCUT2D eigenvalue weighted by Crippen LogP contribution is -2.31. The summed E-state index contributed by atoms with van der Waals surface area (Å²) in [6.45, 7) is 7.13. The van der Waals surface area contributed by atoms with Crippen LogP contribution in [0.15, 0.2) is 24.3 Å². The number of carboxylic acids is 1. The molecule has 19 heavy (non-hydrogen) atoms. The van der Waals surface area contributed by atoms with Gasteiger partial charge in [-0.15, -0.1) is 0 Å². The van der Waals surface area contributed by atoms with Crippen molar-refractivity contribution in [1.29, 1.82) is 0 Å². The Bertz CT molecular complexity index is 447. The topological polar surface area (TPSA) is 49.8 Å². The zero-order valence-electron chi connectivity index (χ0n) is 11.5. The highest BCUT2D eigenvalue weighted by atomic mass is 16.5. The fourth-order valence-corrected chi connectivity index (χ4v) is 2.70. The average Bonchev–Trinajstić information content (AvgIpc) is 2.68. The second-order valence-corrected chi connectivity index (χ2v) is 5.37. The van der Waals surface area contributed by atoms with Gasteiger partial charge in [0.1, 0.15) is 12.4 Å². The summed E-state index contributed by atoms with van der Waals surface area (Å²) < 4.78 is 5.64. The molecule has 1 aromatic rings. The van der Waals surface area contributed by atoms with Gasteiger partial charge >= 0.3 is 5.97 Å². The van der Waals surface area contributed by atoms with Crippen molar-refractivity contribution in [3.63, 3.8) is 0 Å². The van der Waals surface area contributed by atoms with Crippen LogP contribution in [0.1, 0.15) is 30.6 Å². The lowest BCUT2D eigenvalue weighted by Gasteiger charge is -2.20. The third kappa shape index (κ3) is 3.70. The molecule has 1 aliphatic heterocycles. The van der Waals surface area contributed by atoms with Gasteiger partial charge in [0.2, 0.25) is 0 Å². The Labute approximate surface area is 114 Å². The molecule has 4 heteroatoms. The van der Waals surface area contributed by atoms with Crippen LogP contribution in [0.3, 0.4) is 0 Å². The summed E-state index contributed by atoms with van der Waals surface area (Å²) in [6, 6.07) is 7.25. The van der Waals surface area contributed by atoms with Crippen LogP contribution in [0.25, 0.3) is 0 Å². The molecule has 2 rings (SSSR count). The second kappa shape index (κ2) is 6.06. The highest BCUT2D eigenvalue weighted by Crippen LogP contribution is 2.21. The molecule has 0 bridgehead atoms. The van der Waals surface area contributed by atoms with Gasteiger partial charge in [-0.1, -0.05) is 13.0 Å². The Kier molecular flexibility index (Phi) is 4.43. The van der Waals surface area contributed by atoms with Crippen molar-refractivity contribution in [3.05, 3.63) is 29.8 Å². The third-order valence-electron chi connectivity index (χ3n) is 3.64. The van der Waals surface area contributed by atoms with E-state index < -0.39 is 5.97 Å². The van der Waals surface area contributed by atoms with E-state index >= 15 is 0 Å². The van der Waals surface area contributed by atoms with Crippen molar-refractivity contribution in [1.82, 2.24) is 4.90 Å². The van der Waals surface area contributed by atoms with Crippen molar-refractivity contribution in [2.45, 2.75) is 26.3 Å². The molecule has 2 atom stereocenters. The first-order chi connectivity index (χ1) is 9.06. The van der Waals surface area contributed by atoms with Crippen LogP contribution in [0.2, 0.25) is 0 Å². The summed E-state index contributed by atoms with van der Waals surface area (Å²) in [7, 11) is 0. The van der Waals surface area contributed by atoms with Gasteiger partial charge in [-0.25, -0.2) is 4.79 Å². The first kappa shape index (κ1) is 13.9. The van der Waals surface area contributed by atoms with Gasteiger partial charge in [0.25, 0.3) is 0 Å². The minimum Gasteiger partial charge on any atom is -0.492 e. The Balaban J connectivity index is 1.82. The number of aromatic carboxylic acids is 1. The molecule has 0 amide bonds. The van der Waals surface area contributed by atoms with Crippen LogP contribution in [0.4, 0.5) is 0 Å². The van der Waals surface area contributed by atoms with Gasteiger partial charge in [0.15, 0.2) is 0 Å². The zero-order valence-corrected chi connectivity index (χ0v) is 11.5. The quantitative estimate of drug-likeness (QED) is 0.886. The van der Waals surface area contributed by atoms with Gasteiger partial charge < -0.3 is 9.84 Å². The van der Waals surface area contributed by atoms with E-state index in [9.17, 15) is 4.79 Å². The van der Waals surface area contributed by atoms with E-state index in [0.29, 0.717) is 18.4 Å². The smallest absolute Gasteiger partial charge is 0.335 e. The molecule has 4 nitrogen and oxygen atoms in total. The fraction of sp³-hybridized carbons (Fsp3) is 0.533. The first-order valence-corrected chi connectivity index (χ1v) is 6.76. The average molecular weight is 263 g/mol. The molecule has 1 N–H and O–H groups in total. The summed E-state index contributed by atoms with van der Waals surface area (Å²) in [5.41, 5.74) is 0.265. The van der Waals surface area contributed by atoms with Crippen LogP contribution < -0.4 is 4.74 Å². The predicted octanol–water partition coefficient (Wildman–Crippen LogP) is 2.49. The number of hydrogen-bond acceptors (Lipinski definition) is 3. The number of ether oxygens (including phenoxy) is 1. The summed E-state index contributed by atoms with van der Waals surface area (Å²) in [5, 5.41) is 8.91. The number of carboxylic acid groups (broad SMARTS) is 1. The molecule has 0 aliphatic carbocycles. The predicted molar refractivity (Wildman–Crippen MR) is 73.7 cm³/mol. The van der Waals surface area contributed by atoms with E-state index in [2.05, 4.69) is 18.7 Å². The molecule has 0 radical (unpaired) electrons. The summed E-state index contributed by atoms with van der Waals surface area (Å²) >= 11 is 0. The van der Waals surface area contributed by atoms with E-state index in [1.54, 1.807) is 24.3 Å². The Morgan fingerprint density at radius 3 is 2.89 bits per heavy atom. The van der Waals surface area contributed by atoms with Crippen molar-refractivity contribution in [2.75, 3.05) is 19.7 Å². The monoisotopic (exact) mass is 263 g/mol. The van der Waals surface area contributed by atoms with E-state index in [1.807, 2.05) is 0 Å². The minimum atomic E-state index is -0.924. The van der Waals surface area contributed by atoms with E-state index in [-0.39, 0.29) is 5.56 Å². The van der Waals surface area contributed by atoms with Gasteiger partial charge in [-0.05, 0) is 37.5 Å². The van der Waals surface area contributed by atoms with Gasteiger partial charge in [0.05, 0.1) is 5.56 Å².